The topological polar surface area (TPSA) is 42.7 Å². The summed E-state index contributed by atoms with van der Waals surface area (Å²) in [4.78, 5) is 4.30. The molecule has 0 radical (unpaired) electrons. The number of aromatic nitrogens is 3. The zero-order valence-corrected chi connectivity index (χ0v) is 13.3. The molecular formula is C14H19BrN4. The van der Waals surface area contributed by atoms with Gasteiger partial charge in [0.05, 0.1) is 6.54 Å². The Morgan fingerprint density at radius 1 is 1.26 bits per heavy atom. The van der Waals surface area contributed by atoms with Crippen LogP contribution < -0.4 is 5.32 Å². The van der Waals surface area contributed by atoms with E-state index >= 15 is 0 Å². The minimum atomic E-state index is 0.327. The van der Waals surface area contributed by atoms with Crippen LogP contribution in [0.4, 0.5) is 5.69 Å². The predicted octanol–water partition coefficient (Wildman–Crippen LogP) is 3.85. The van der Waals surface area contributed by atoms with Crippen LogP contribution in [0.25, 0.3) is 0 Å². The van der Waals surface area contributed by atoms with Crippen molar-refractivity contribution in [3.63, 3.8) is 0 Å². The maximum Gasteiger partial charge on any atom is 0.146 e. The van der Waals surface area contributed by atoms with Crippen LogP contribution in [0.15, 0.2) is 22.9 Å². The Bertz CT molecular complexity index is 552. The van der Waals surface area contributed by atoms with E-state index in [1.165, 1.54) is 15.6 Å². The van der Waals surface area contributed by atoms with Gasteiger partial charge in [-0.2, -0.15) is 5.10 Å². The van der Waals surface area contributed by atoms with Gasteiger partial charge in [0.2, 0.25) is 0 Å². The second-order valence-corrected chi connectivity index (χ2v) is 5.79. The summed E-state index contributed by atoms with van der Waals surface area (Å²) in [6.07, 6.45) is 1.61. The van der Waals surface area contributed by atoms with Gasteiger partial charge in [0.1, 0.15) is 12.2 Å². The van der Waals surface area contributed by atoms with Crippen molar-refractivity contribution >= 4 is 21.6 Å². The van der Waals surface area contributed by atoms with Crippen LogP contribution in [-0.4, -0.2) is 14.8 Å². The summed E-state index contributed by atoms with van der Waals surface area (Å²) in [5, 5.41) is 7.64. The van der Waals surface area contributed by atoms with Crippen molar-refractivity contribution in [3.05, 3.63) is 39.9 Å². The number of rotatable bonds is 4. The molecule has 19 heavy (non-hydrogen) atoms. The Kier molecular flexibility index (Phi) is 4.24. The summed E-state index contributed by atoms with van der Waals surface area (Å²) < 4.78 is 3.11. The fourth-order valence-corrected chi connectivity index (χ4v) is 2.29. The normalized spacial score (nSPS) is 11.1. The van der Waals surface area contributed by atoms with E-state index in [4.69, 9.17) is 0 Å². The van der Waals surface area contributed by atoms with Gasteiger partial charge in [-0.1, -0.05) is 15.9 Å². The standard InChI is InChI=1S/C14H19BrN4/c1-9(2)19-13(17-8-18-19)7-16-12-5-10(3)14(15)11(4)6-12/h5-6,8-9,16H,7H2,1-4H3. The molecule has 0 aliphatic heterocycles. The summed E-state index contributed by atoms with van der Waals surface area (Å²) >= 11 is 3.58. The lowest BCUT2D eigenvalue weighted by atomic mass is 10.1. The van der Waals surface area contributed by atoms with Crippen molar-refractivity contribution in [1.29, 1.82) is 0 Å². The SMILES string of the molecule is Cc1cc(NCc2ncnn2C(C)C)cc(C)c1Br. The first-order chi connectivity index (χ1) is 8.99. The lowest BCUT2D eigenvalue weighted by Crippen LogP contribution is -2.12. The predicted molar refractivity (Wildman–Crippen MR) is 81.3 cm³/mol. The summed E-state index contributed by atoms with van der Waals surface area (Å²) in [6.45, 7) is 9.08. The Balaban J connectivity index is 2.13. The first-order valence-corrected chi connectivity index (χ1v) is 7.17. The van der Waals surface area contributed by atoms with Gasteiger partial charge in [-0.15, -0.1) is 0 Å². The highest BCUT2D eigenvalue weighted by Gasteiger charge is 2.08. The fourth-order valence-electron chi connectivity index (χ4n) is 2.06. The third kappa shape index (κ3) is 3.15. The third-order valence-corrected chi connectivity index (χ3v) is 4.27. The van der Waals surface area contributed by atoms with Gasteiger partial charge < -0.3 is 5.32 Å². The Labute approximate surface area is 122 Å². The molecule has 1 N–H and O–H groups in total. The van der Waals surface area contributed by atoms with E-state index in [1.54, 1.807) is 6.33 Å². The van der Waals surface area contributed by atoms with Gasteiger partial charge in [0, 0.05) is 16.2 Å². The summed E-state index contributed by atoms with van der Waals surface area (Å²) in [5.74, 6) is 0.952. The maximum absolute atomic E-state index is 4.30. The zero-order valence-electron chi connectivity index (χ0n) is 11.7. The Morgan fingerprint density at radius 3 is 2.47 bits per heavy atom. The van der Waals surface area contributed by atoms with Crippen molar-refractivity contribution < 1.29 is 0 Å². The number of hydrogen-bond donors (Lipinski definition) is 1. The van der Waals surface area contributed by atoms with Crippen LogP contribution >= 0.6 is 15.9 Å². The molecule has 0 aliphatic rings. The van der Waals surface area contributed by atoms with Crippen molar-refractivity contribution in [2.45, 2.75) is 40.3 Å². The molecule has 0 unspecified atom stereocenters. The van der Waals surface area contributed by atoms with E-state index in [0.29, 0.717) is 12.6 Å². The highest BCUT2D eigenvalue weighted by molar-refractivity contribution is 9.10. The fraction of sp³-hybridized carbons (Fsp3) is 0.429. The molecule has 0 saturated heterocycles. The first kappa shape index (κ1) is 14.1. The molecule has 1 aromatic heterocycles. The minimum absolute atomic E-state index is 0.327. The summed E-state index contributed by atoms with van der Waals surface area (Å²) in [5.41, 5.74) is 3.57. The molecule has 0 amide bonds. The molecule has 0 atom stereocenters. The molecule has 102 valence electrons. The van der Waals surface area contributed by atoms with E-state index in [1.807, 2.05) is 4.68 Å². The largest absolute Gasteiger partial charge is 0.378 e. The van der Waals surface area contributed by atoms with Crippen LogP contribution in [0.1, 0.15) is 36.8 Å². The highest BCUT2D eigenvalue weighted by Crippen LogP contribution is 2.25. The Hall–Kier alpha value is -1.36. The molecule has 0 fully saturated rings. The summed E-state index contributed by atoms with van der Waals surface area (Å²) in [6, 6.07) is 4.59. The van der Waals surface area contributed by atoms with E-state index in [-0.39, 0.29) is 0 Å². The molecular weight excluding hydrogens is 304 g/mol. The lowest BCUT2D eigenvalue weighted by molar-refractivity contribution is 0.509. The van der Waals surface area contributed by atoms with Crippen molar-refractivity contribution in [3.8, 4) is 0 Å². The zero-order chi connectivity index (χ0) is 14.0. The van der Waals surface area contributed by atoms with Crippen LogP contribution in [0, 0.1) is 13.8 Å². The van der Waals surface area contributed by atoms with Gasteiger partial charge in [-0.05, 0) is 51.0 Å². The molecule has 2 aromatic rings. The molecule has 4 nitrogen and oxygen atoms in total. The number of halogens is 1. The van der Waals surface area contributed by atoms with Crippen LogP contribution in [0.3, 0.4) is 0 Å². The first-order valence-electron chi connectivity index (χ1n) is 6.38. The average molecular weight is 323 g/mol. The third-order valence-electron chi connectivity index (χ3n) is 3.02. The number of benzene rings is 1. The molecule has 0 spiro atoms. The number of nitrogens with zero attached hydrogens (tertiary/aromatic N) is 3. The van der Waals surface area contributed by atoms with Crippen molar-refractivity contribution in [2.24, 2.45) is 0 Å². The molecule has 0 aliphatic carbocycles. The van der Waals surface area contributed by atoms with E-state index < -0.39 is 0 Å². The molecule has 0 bridgehead atoms. The number of anilines is 1. The van der Waals surface area contributed by atoms with Crippen LogP contribution in [0.2, 0.25) is 0 Å². The smallest absolute Gasteiger partial charge is 0.146 e. The molecule has 2 rings (SSSR count). The second kappa shape index (κ2) is 5.74. The van der Waals surface area contributed by atoms with E-state index in [0.717, 1.165) is 11.5 Å². The lowest BCUT2D eigenvalue weighted by Gasteiger charge is -2.12. The monoisotopic (exact) mass is 322 g/mol. The second-order valence-electron chi connectivity index (χ2n) is 4.99. The van der Waals surface area contributed by atoms with Crippen LogP contribution in [0.5, 0.6) is 0 Å². The maximum atomic E-state index is 4.30. The highest BCUT2D eigenvalue weighted by atomic mass is 79.9. The number of aryl methyl sites for hydroxylation is 2. The van der Waals surface area contributed by atoms with E-state index in [2.05, 4.69) is 71.2 Å². The number of hydrogen-bond acceptors (Lipinski definition) is 3. The van der Waals surface area contributed by atoms with Crippen molar-refractivity contribution in [2.75, 3.05) is 5.32 Å². The summed E-state index contributed by atoms with van der Waals surface area (Å²) in [7, 11) is 0. The average Bonchev–Trinajstić information content (AvgIpc) is 2.81. The quantitative estimate of drug-likeness (QED) is 0.929. The molecule has 5 heteroatoms. The van der Waals surface area contributed by atoms with Gasteiger partial charge in [0.15, 0.2) is 0 Å². The molecule has 0 saturated carbocycles. The molecule has 1 aromatic carbocycles. The van der Waals surface area contributed by atoms with Gasteiger partial charge in [-0.3, -0.25) is 0 Å². The molecule has 1 heterocycles. The van der Waals surface area contributed by atoms with Gasteiger partial charge in [0.25, 0.3) is 0 Å². The van der Waals surface area contributed by atoms with Crippen LogP contribution in [-0.2, 0) is 6.54 Å². The van der Waals surface area contributed by atoms with Crippen molar-refractivity contribution in [1.82, 2.24) is 14.8 Å². The Morgan fingerprint density at radius 2 is 1.89 bits per heavy atom. The van der Waals surface area contributed by atoms with Gasteiger partial charge >= 0.3 is 0 Å². The van der Waals surface area contributed by atoms with E-state index in [9.17, 15) is 0 Å². The number of nitrogens with one attached hydrogen (secondary N) is 1. The minimum Gasteiger partial charge on any atom is -0.378 e. The van der Waals surface area contributed by atoms with Gasteiger partial charge in [-0.25, -0.2) is 9.67 Å².